The Morgan fingerprint density at radius 3 is 2.31 bits per heavy atom. The predicted octanol–water partition coefficient (Wildman–Crippen LogP) is -0.726. The van der Waals surface area contributed by atoms with E-state index in [0.717, 1.165) is 6.08 Å². The van der Waals surface area contributed by atoms with Gasteiger partial charge in [0, 0.05) is 12.2 Å². The molecule has 0 saturated heterocycles. The van der Waals surface area contributed by atoms with Gasteiger partial charge in [-0.3, -0.25) is 14.4 Å². The van der Waals surface area contributed by atoms with Crippen LogP contribution in [-0.4, -0.2) is 28.9 Å². The summed E-state index contributed by atoms with van der Waals surface area (Å²) in [4.78, 5) is 42.3. The van der Waals surface area contributed by atoms with Crippen LogP contribution in [0.5, 0.6) is 0 Å². The summed E-state index contributed by atoms with van der Waals surface area (Å²) < 4.78 is 0. The first-order valence-electron chi connectivity index (χ1n) is 3.27. The van der Waals surface area contributed by atoms with Gasteiger partial charge >= 0.3 is 5.97 Å². The van der Waals surface area contributed by atoms with Crippen LogP contribution in [0, 0.1) is 0 Å². The normalized spacial score (nSPS) is 16.3. The molecule has 0 aliphatic heterocycles. The van der Waals surface area contributed by atoms with Gasteiger partial charge in [0.2, 0.25) is 0 Å². The summed E-state index contributed by atoms with van der Waals surface area (Å²) in [6, 6.07) is 0. The number of hydrogen-bond donors (Lipinski definition) is 1. The minimum atomic E-state index is -1.47. The lowest BCUT2D eigenvalue weighted by Gasteiger charge is -2.03. The van der Waals surface area contributed by atoms with E-state index < -0.39 is 23.1 Å². The molecule has 0 aromatic rings. The summed E-state index contributed by atoms with van der Waals surface area (Å²) in [6.45, 7) is 0. The summed E-state index contributed by atoms with van der Waals surface area (Å²) in [5.41, 5.74) is -0.939. The highest BCUT2D eigenvalue weighted by Crippen LogP contribution is 2.09. The number of hydrogen-bond acceptors (Lipinski definition) is 4. The largest absolute Gasteiger partial charge is 0.478 e. The van der Waals surface area contributed by atoms with Crippen LogP contribution in [0.1, 0.15) is 0 Å². The van der Waals surface area contributed by atoms with Gasteiger partial charge < -0.3 is 5.11 Å². The van der Waals surface area contributed by atoms with E-state index in [9.17, 15) is 19.2 Å². The monoisotopic (exact) mass is 180 g/mol. The molecule has 1 N–H and O–H groups in total. The van der Waals surface area contributed by atoms with Crippen LogP contribution in [0.4, 0.5) is 0 Å². The molecule has 0 spiro atoms. The van der Waals surface area contributed by atoms with Gasteiger partial charge in [0.05, 0.1) is 5.57 Å². The summed E-state index contributed by atoms with van der Waals surface area (Å²) in [6.07, 6.45) is 1.59. The molecule has 5 heteroatoms. The van der Waals surface area contributed by atoms with Gasteiger partial charge in [-0.1, -0.05) is 0 Å². The van der Waals surface area contributed by atoms with Crippen molar-refractivity contribution in [3.05, 3.63) is 23.3 Å². The fourth-order valence-corrected chi connectivity index (χ4v) is 0.835. The van der Waals surface area contributed by atoms with Crippen LogP contribution in [0.3, 0.4) is 0 Å². The molecule has 13 heavy (non-hydrogen) atoms. The molecule has 0 aromatic carbocycles. The van der Waals surface area contributed by atoms with Crippen molar-refractivity contribution in [2.45, 2.75) is 0 Å². The summed E-state index contributed by atoms with van der Waals surface area (Å²) in [7, 11) is 0. The Kier molecular flexibility index (Phi) is 2.19. The van der Waals surface area contributed by atoms with Crippen molar-refractivity contribution in [3.63, 3.8) is 0 Å². The number of carboxylic acid groups (broad SMARTS) is 1. The number of carboxylic acids is 1. The smallest absolute Gasteiger partial charge is 0.339 e. The number of ketones is 2. The van der Waals surface area contributed by atoms with E-state index in [1.807, 2.05) is 0 Å². The molecule has 0 aromatic heterocycles. The molecule has 0 heterocycles. The Balaban J connectivity index is 3.12. The second-order valence-electron chi connectivity index (χ2n) is 2.31. The second-order valence-corrected chi connectivity index (χ2v) is 2.31. The molecular weight excluding hydrogens is 176 g/mol. The van der Waals surface area contributed by atoms with Gasteiger partial charge in [0.1, 0.15) is 5.57 Å². The maximum Gasteiger partial charge on any atom is 0.339 e. The van der Waals surface area contributed by atoms with Crippen LogP contribution >= 0.6 is 0 Å². The Morgan fingerprint density at radius 2 is 1.85 bits per heavy atom. The van der Waals surface area contributed by atoms with E-state index in [1.165, 1.54) is 0 Å². The molecule has 0 bridgehead atoms. The summed E-state index contributed by atoms with van der Waals surface area (Å²) in [5, 5.41) is 8.43. The van der Waals surface area contributed by atoms with Gasteiger partial charge in [-0.25, -0.2) is 4.79 Å². The fraction of sp³-hybridized carbons (Fsp3) is 0. The Hall–Kier alpha value is -2.04. The van der Waals surface area contributed by atoms with E-state index in [2.05, 4.69) is 0 Å². The summed E-state index contributed by atoms with van der Waals surface area (Å²) in [5.74, 6) is -3.07. The highest BCUT2D eigenvalue weighted by atomic mass is 16.4. The van der Waals surface area contributed by atoms with Crippen LogP contribution < -0.4 is 0 Å². The topological polar surface area (TPSA) is 88.5 Å². The number of carbonyl (C=O) groups excluding carboxylic acids is 3. The number of rotatable bonds is 2. The van der Waals surface area contributed by atoms with Crippen molar-refractivity contribution < 1.29 is 24.3 Å². The third-order valence-electron chi connectivity index (χ3n) is 1.47. The number of aliphatic carboxylic acids is 1. The zero-order valence-electron chi connectivity index (χ0n) is 6.31. The first-order valence-corrected chi connectivity index (χ1v) is 3.27. The summed E-state index contributed by atoms with van der Waals surface area (Å²) >= 11 is 0. The average molecular weight is 180 g/mol. The molecule has 1 aliphatic rings. The number of carbonyl (C=O) groups is 4. The first kappa shape index (κ1) is 9.05. The van der Waals surface area contributed by atoms with E-state index >= 15 is 0 Å². The maximum atomic E-state index is 10.9. The van der Waals surface area contributed by atoms with Gasteiger partial charge in [0.15, 0.2) is 17.9 Å². The van der Waals surface area contributed by atoms with E-state index in [-0.39, 0.29) is 11.9 Å². The third kappa shape index (κ3) is 1.58. The lowest BCUT2D eigenvalue weighted by molar-refractivity contribution is -0.134. The number of aldehydes is 1. The molecule has 5 nitrogen and oxygen atoms in total. The fourth-order valence-electron chi connectivity index (χ4n) is 0.835. The van der Waals surface area contributed by atoms with Crippen LogP contribution in [-0.2, 0) is 19.2 Å². The Bertz CT molecular complexity index is 372. The lowest BCUT2D eigenvalue weighted by atomic mass is 9.98. The van der Waals surface area contributed by atoms with E-state index in [4.69, 9.17) is 5.11 Å². The molecule has 66 valence electrons. The molecule has 1 aliphatic carbocycles. The quantitative estimate of drug-likeness (QED) is 0.344. The minimum Gasteiger partial charge on any atom is -0.478 e. The SMILES string of the molecule is O=CC1=CC(=O)C(C(=O)O)=CC1=O. The average Bonchev–Trinajstić information content (AvgIpc) is 2.07. The molecule has 0 fully saturated rings. The molecule has 0 amide bonds. The highest BCUT2D eigenvalue weighted by Gasteiger charge is 2.24. The van der Waals surface area contributed by atoms with Crippen molar-refractivity contribution in [2.24, 2.45) is 0 Å². The van der Waals surface area contributed by atoms with Gasteiger partial charge in [-0.15, -0.1) is 0 Å². The molecule has 0 unspecified atom stereocenters. The first-order chi connectivity index (χ1) is 6.06. The van der Waals surface area contributed by atoms with Crippen molar-refractivity contribution in [3.8, 4) is 0 Å². The third-order valence-corrected chi connectivity index (χ3v) is 1.47. The minimum absolute atomic E-state index is 0.218. The molecular formula is C8H4O5. The maximum absolute atomic E-state index is 10.9. The van der Waals surface area contributed by atoms with Crippen molar-refractivity contribution in [1.29, 1.82) is 0 Å². The van der Waals surface area contributed by atoms with E-state index in [1.54, 1.807) is 0 Å². The van der Waals surface area contributed by atoms with Crippen molar-refractivity contribution in [1.82, 2.24) is 0 Å². The van der Waals surface area contributed by atoms with Crippen LogP contribution in [0.15, 0.2) is 23.3 Å². The number of allylic oxidation sites excluding steroid dienone is 3. The van der Waals surface area contributed by atoms with Crippen molar-refractivity contribution >= 4 is 23.8 Å². The highest BCUT2D eigenvalue weighted by molar-refractivity contribution is 6.34. The van der Waals surface area contributed by atoms with Crippen molar-refractivity contribution in [2.75, 3.05) is 0 Å². The van der Waals surface area contributed by atoms with Crippen LogP contribution in [0.25, 0.3) is 0 Å². The Labute approximate surface area is 72.3 Å². The molecule has 0 saturated carbocycles. The lowest BCUT2D eigenvalue weighted by Crippen LogP contribution is -2.19. The van der Waals surface area contributed by atoms with E-state index in [0.29, 0.717) is 6.08 Å². The van der Waals surface area contributed by atoms with Gasteiger partial charge in [-0.2, -0.15) is 0 Å². The van der Waals surface area contributed by atoms with Gasteiger partial charge in [-0.05, 0) is 0 Å². The molecule has 0 atom stereocenters. The molecule has 1 rings (SSSR count). The van der Waals surface area contributed by atoms with Crippen LogP contribution in [0.2, 0.25) is 0 Å². The predicted molar refractivity (Wildman–Crippen MR) is 39.9 cm³/mol. The zero-order chi connectivity index (χ0) is 10.0. The van der Waals surface area contributed by atoms with Gasteiger partial charge in [0.25, 0.3) is 0 Å². The standard InChI is InChI=1S/C8H4O5/c9-3-4-1-7(11)5(8(12)13)2-6(4)10/h1-3H,(H,12,13). The Morgan fingerprint density at radius 1 is 1.23 bits per heavy atom. The second kappa shape index (κ2) is 3.14. The molecule has 0 radical (unpaired) electrons. The zero-order valence-corrected chi connectivity index (χ0v) is 6.31.